The smallest absolute Gasteiger partial charge is 0.169 e. The highest BCUT2D eigenvalue weighted by Gasteiger charge is 2.38. The van der Waals surface area contributed by atoms with Crippen LogP contribution in [0.3, 0.4) is 0 Å². The molecule has 116 valence electrons. The minimum atomic E-state index is -0.725. The molecule has 1 aromatic carbocycles. The van der Waals surface area contributed by atoms with E-state index in [1.807, 2.05) is 6.92 Å². The van der Waals surface area contributed by atoms with Gasteiger partial charge < -0.3 is 4.74 Å². The van der Waals surface area contributed by atoms with Crippen molar-refractivity contribution in [3.8, 4) is 0 Å². The molecule has 1 aliphatic carbocycles. The van der Waals surface area contributed by atoms with Crippen molar-refractivity contribution < 1.29 is 13.9 Å². The molecule has 1 fully saturated rings. The normalized spacial score (nSPS) is 18.2. The summed E-state index contributed by atoms with van der Waals surface area (Å²) < 4.78 is 19.7. The van der Waals surface area contributed by atoms with Crippen molar-refractivity contribution in [2.24, 2.45) is 0 Å². The first-order chi connectivity index (χ1) is 10.1. The highest BCUT2D eigenvalue weighted by Crippen LogP contribution is 2.33. The average Bonchev–Trinajstić information content (AvgIpc) is 2.69. The zero-order valence-electron chi connectivity index (χ0n) is 12.5. The lowest BCUT2D eigenvalue weighted by Gasteiger charge is -2.31. The molecule has 21 heavy (non-hydrogen) atoms. The van der Waals surface area contributed by atoms with Crippen molar-refractivity contribution >= 4 is 17.4 Å². The summed E-state index contributed by atoms with van der Waals surface area (Å²) in [5.74, 6) is -0.427. The molecule has 1 aliphatic rings. The quantitative estimate of drug-likeness (QED) is 0.735. The molecule has 0 unspecified atom stereocenters. The van der Waals surface area contributed by atoms with Gasteiger partial charge in [-0.15, -0.1) is 0 Å². The summed E-state index contributed by atoms with van der Waals surface area (Å²) >= 11 is 5.75. The van der Waals surface area contributed by atoms with Gasteiger partial charge in [-0.1, -0.05) is 43.4 Å². The van der Waals surface area contributed by atoms with E-state index in [0.29, 0.717) is 17.2 Å². The van der Waals surface area contributed by atoms with E-state index in [2.05, 4.69) is 0 Å². The molecule has 0 spiro atoms. The van der Waals surface area contributed by atoms with Crippen molar-refractivity contribution in [3.05, 3.63) is 34.6 Å². The third-order valence-corrected chi connectivity index (χ3v) is 4.44. The molecule has 0 heterocycles. The van der Waals surface area contributed by atoms with E-state index in [4.69, 9.17) is 16.3 Å². The molecule has 0 N–H and O–H groups in total. The highest BCUT2D eigenvalue weighted by molar-refractivity contribution is 6.30. The van der Waals surface area contributed by atoms with Gasteiger partial charge in [-0.05, 0) is 37.5 Å². The number of rotatable bonds is 5. The van der Waals surface area contributed by atoms with Gasteiger partial charge in [0.1, 0.15) is 11.4 Å². The molecule has 0 radical (unpaired) electrons. The van der Waals surface area contributed by atoms with Gasteiger partial charge in [0.25, 0.3) is 0 Å². The van der Waals surface area contributed by atoms with Crippen LogP contribution in [0.1, 0.15) is 51.0 Å². The van der Waals surface area contributed by atoms with Crippen molar-refractivity contribution in [1.82, 2.24) is 0 Å². The molecule has 0 bridgehead atoms. The molecular formula is C17H22ClFO2. The Morgan fingerprint density at radius 3 is 2.52 bits per heavy atom. The van der Waals surface area contributed by atoms with E-state index in [0.717, 1.165) is 38.5 Å². The summed E-state index contributed by atoms with van der Waals surface area (Å²) in [5, 5.41) is 0.345. The number of halogens is 2. The predicted molar refractivity (Wildman–Crippen MR) is 82.2 cm³/mol. The van der Waals surface area contributed by atoms with Crippen LogP contribution in [0.5, 0.6) is 0 Å². The van der Waals surface area contributed by atoms with E-state index >= 15 is 0 Å². The number of hydrogen-bond donors (Lipinski definition) is 0. The molecular weight excluding hydrogens is 291 g/mol. The average molecular weight is 313 g/mol. The van der Waals surface area contributed by atoms with E-state index < -0.39 is 11.4 Å². The van der Waals surface area contributed by atoms with Crippen LogP contribution in [0.2, 0.25) is 5.02 Å². The number of carbonyl (C=O) groups excluding carboxylic acids is 1. The highest BCUT2D eigenvalue weighted by atomic mass is 35.5. The minimum Gasteiger partial charge on any atom is -0.367 e. The Morgan fingerprint density at radius 2 is 1.95 bits per heavy atom. The van der Waals surface area contributed by atoms with Crippen LogP contribution in [0.25, 0.3) is 0 Å². The van der Waals surface area contributed by atoms with Gasteiger partial charge in [0.15, 0.2) is 5.78 Å². The first-order valence-corrected chi connectivity index (χ1v) is 8.06. The third kappa shape index (κ3) is 4.04. The van der Waals surface area contributed by atoms with Crippen LogP contribution >= 0.6 is 11.6 Å². The van der Waals surface area contributed by atoms with Gasteiger partial charge in [0, 0.05) is 18.1 Å². The lowest BCUT2D eigenvalue weighted by atomic mass is 9.86. The Morgan fingerprint density at radius 1 is 1.29 bits per heavy atom. The van der Waals surface area contributed by atoms with Gasteiger partial charge in [0.05, 0.1) is 0 Å². The Hall–Kier alpha value is -0.930. The molecule has 1 saturated carbocycles. The molecule has 0 saturated heterocycles. The predicted octanol–water partition coefficient (Wildman–Crippen LogP) is 4.72. The number of ketones is 1. The first kappa shape index (κ1) is 16.4. The van der Waals surface area contributed by atoms with Gasteiger partial charge >= 0.3 is 0 Å². The van der Waals surface area contributed by atoms with Crippen molar-refractivity contribution in [2.75, 3.05) is 6.61 Å². The molecule has 4 heteroatoms. The van der Waals surface area contributed by atoms with Crippen LogP contribution in [0.4, 0.5) is 4.39 Å². The fourth-order valence-electron chi connectivity index (χ4n) is 3.08. The summed E-state index contributed by atoms with van der Waals surface area (Å²) in [4.78, 5) is 12.7. The number of ether oxygens (including phenoxy) is 1. The molecule has 2 rings (SSSR count). The van der Waals surface area contributed by atoms with Gasteiger partial charge in [-0.25, -0.2) is 4.39 Å². The fourth-order valence-corrected chi connectivity index (χ4v) is 3.24. The SMILES string of the molecule is CCOC1(C(=O)Cc2ccc(Cl)cc2F)CCCCCC1. The zero-order valence-corrected chi connectivity index (χ0v) is 13.2. The lowest BCUT2D eigenvalue weighted by Crippen LogP contribution is -2.42. The molecule has 1 aromatic rings. The van der Waals surface area contributed by atoms with Gasteiger partial charge in [-0.2, -0.15) is 0 Å². The molecule has 0 aromatic heterocycles. The van der Waals surface area contributed by atoms with Crippen LogP contribution in [-0.4, -0.2) is 18.0 Å². The van der Waals surface area contributed by atoms with Crippen LogP contribution in [0, 0.1) is 5.82 Å². The van der Waals surface area contributed by atoms with Crippen molar-refractivity contribution in [1.29, 1.82) is 0 Å². The maximum absolute atomic E-state index is 13.9. The largest absolute Gasteiger partial charge is 0.367 e. The maximum atomic E-state index is 13.9. The summed E-state index contributed by atoms with van der Waals surface area (Å²) in [5.41, 5.74) is -0.329. The summed E-state index contributed by atoms with van der Waals surface area (Å²) in [6.07, 6.45) is 5.82. The van der Waals surface area contributed by atoms with E-state index in [9.17, 15) is 9.18 Å². The topological polar surface area (TPSA) is 26.3 Å². The van der Waals surface area contributed by atoms with Crippen molar-refractivity contribution in [3.63, 3.8) is 0 Å². The Labute approximate surface area is 130 Å². The standard InChI is InChI=1S/C17H22ClFO2/c1-2-21-17(9-5-3-4-6-10-17)16(20)11-13-7-8-14(18)12-15(13)19/h7-8,12H,2-6,9-11H2,1H3. The molecule has 0 amide bonds. The minimum absolute atomic E-state index is 0.00697. The number of Topliss-reactive ketones (excluding diaryl/α,β-unsaturated/α-hetero) is 1. The van der Waals surface area contributed by atoms with E-state index in [1.54, 1.807) is 12.1 Å². The van der Waals surface area contributed by atoms with Crippen LogP contribution in [0.15, 0.2) is 18.2 Å². The lowest BCUT2D eigenvalue weighted by molar-refractivity contribution is -0.145. The summed E-state index contributed by atoms with van der Waals surface area (Å²) in [6.45, 7) is 2.41. The Kier molecular flexibility index (Phi) is 5.77. The second-order valence-electron chi connectivity index (χ2n) is 5.68. The fraction of sp³-hybridized carbons (Fsp3) is 0.588. The molecule has 0 aliphatic heterocycles. The first-order valence-electron chi connectivity index (χ1n) is 7.68. The summed E-state index contributed by atoms with van der Waals surface area (Å²) in [6, 6.07) is 4.46. The number of benzene rings is 1. The van der Waals surface area contributed by atoms with Gasteiger partial charge in [-0.3, -0.25) is 4.79 Å². The zero-order chi connectivity index (χ0) is 15.3. The monoisotopic (exact) mass is 312 g/mol. The van der Waals surface area contributed by atoms with Crippen LogP contribution in [-0.2, 0) is 16.0 Å². The van der Waals surface area contributed by atoms with Gasteiger partial charge in [0.2, 0.25) is 0 Å². The van der Waals surface area contributed by atoms with E-state index in [1.165, 1.54) is 6.07 Å². The third-order valence-electron chi connectivity index (χ3n) is 4.21. The second kappa shape index (κ2) is 7.37. The number of hydrogen-bond acceptors (Lipinski definition) is 2. The Balaban J connectivity index is 2.18. The molecule has 0 atom stereocenters. The Bertz CT molecular complexity index is 494. The second-order valence-corrected chi connectivity index (χ2v) is 6.11. The molecule has 2 nitrogen and oxygen atoms in total. The van der Waals surface area contributed by atoms with E-state index in [-0.39, 0.29) is 12.2 Å². The maximum Gasteiger partial charge on any atom is 0.169 e. The van der Waals surface area contributed by atoms with Crippen molar-refractivity contribution in [2.45, 2.75) is 57.5 Å². The summed E-state index contributed by atoms with van der Waals surface area (Å²) in [7, 11) is 0. The number of carbonyl (C=O) groups is 1. The van der Waals surface area contributed by atoms with Crippen LogP contribution < -0.4 is 0 Å².